The normalized spacial score (nSPS) is 14.6. The number of benzene rings is 1. The van der Waals surface area contributed by atoms with Crippen LogP contribution in [0.1, 0.15) is 19.4 Å². The summed E-state index contributed by atoms with van der Waals surface area (Å²) in [6.45, 7) is 7.75. The Morgan fingerprint density at radius 1 is 1.33 bits per heavy atom. The number of carbonyl (C=O) groups excluding carboxylic acids is 1. The van der Waals surface area contributed by atoms with Crippen LogP contribution in [0.15, 0.2) is 12.1 Å². The first-order valence-electron chi connectivity index (χ1n) is 7.32. The smallest absolute Gasteiger partial charge is 0.275 e. The van der Waals surface area contributed by atoms with E-state index in [-0.39, 0.29) is 5.91 Å². The highest BCUT2D eigenvalue weighted by molar-refractivity contribution is 6.32. The summed E-state index contributed by atoms with van der Waals surface area (Å²) in [7, 11) is 0. The summed E-state index contributed by atoms with van der Waals surface area (Å²) < 4.78 is 11.1. The molecule has 1 amide bonds. The third-order valence-corrected chi connectivity index (χ3v) is 3.68. The van der Waals surface area contributed by atoms with E-state index in [0.29, 0.717) is 42.8 Å². The van der Waals surface area contributed by atoms with Crippen molar-refractivity contribution in [2.24, 2.45) is 0 Å². The first-order valence-corrected chi connectivity index (χ1v) is 7.70. The number of ether oxygens (including phenoxy) is 2. The molecule has 0 bridgehead atoms. The molecule has 0 aliphatic carbocycles. The molecular weight excluding hydrogens is 292 g/mol. The Kier molecular flexibility index (Phi) is 5.70. The number of likely N-dealkylation sites (N-methyl/N-ethyl adjacent to an activating group) is 2. The second-order valence-corrected chi connectivity index (χ2v) is 5.42. The molecule has 1 aromatic rings. The molecule has 0 radical (unpaired) electrons. The van der Waals surface area contributed by atoms with Crippen LogP contribution in [0.25, 0.3) is 0 Å². The zero-order valence-electron chi connectivity index (χ0n) is 12.5. The van der Waals surface area contributed by atoms with Crippen molar-refractivity contribution in [2.75, 3.05) is 32.8 Å². The number of amides is 1. The standard InChI is InChI=1S/C15H21ClN2O3/c1-3-17-14(19)10-18(4-2)9-11-7-12(16)15-13(8-11)20-5-6-21-15/h7-8H,3-6,9-10H2,1-2H3,(H,17,19)/p+1. The average Bonchev–Trinajstić information content (AvgIpc) is 2.47. The second-order valence-electron chi connectivity index (χ2n) is 5.01. The minimum absolute atomic E-state index is 0.0676. The average molecular weight is 314 g/mol. The van der Waals surface area contributed by atoms with Crippen LogP contribution in [-0.4, -0.2) is 38.8 Å². The monoisotopic (exact) mass is 313 g/mol. The van der Waals surface area contributed by atoms with E-state index in [4.69, 9.17) is 21.1 Å². The van der Waals surface area contributed by atoms with Gasteiger partial charge in [-0.1, -0.05) is 11.6 Å². The van der Waals surface area contributed by atoms with Crippen molar-refractivity contribution in [2.45, 2.75) is 20.4 Å². The molecular formula is C15H22ClN2O3+. The number of hydrogen-bond donors (Lipinski definition) is 2. The molecule has 1 unspecified atom stereocenters. The maximum atomic E-state index is 11.7. The SMILES string of the molecule is CCNC(=O)C[NH+](CC)Cc1cc(Cl)c2c(c1)OCCO2. The van der Waals surface area contributed by atoms with Gasteiger partial charge in [-0.25, -0.2) is 0 Å². The highest BCUT2D eigenvalue weighted by Crippen LogP contribution is 2.38. The lowest BCUT2D eigenvalue weighted by molar-refractivity contribution is -0.904. The van der Waals surface area contributed by atoms with Crippen molar-refractivity contribution in [3.05, 3.63) is 22.7 Å². The Morgan fingerprint density at radius 2 is 2.10 bits per heavy atom. The molecule has 1 heterocycles. The number of nitrogens with one attached hydrogen (secondary N) is 2. The highest BCUT2D eigenvalue weighted by atomic mass is 35.5. The summed E-state index contributed by atoms with van der Waals surface area (Å²) in [6.07, 6.45) is 0. The number of halogens is 1. The van der Waals surface area contributed by atoms with Crippen LogP contribution in [-0.2, 0) is 11.3 Å². The van der Waals surface area contributed by atoms with Crippen LogP contribution in [0.3, 0.4) is 0 Å². The Balaban J connectivity index is 2.07. The molecule has 0 fully saturated rings. The van der Waals surface area contributed by atoms with Gasteiger partial charge in [-0.15, -0.1) is 0 Å². The van der Waals surface area contributed by atoms with Crippen molar-refractivity contribution >= 4 is 17.5 Å². The number of quaternary nitrogens is 1. The molecule has 0 saturated carbocycles. The molecule has 0 saturated heterocycles. The van der Waals surface area contributed by atoms with E-state index in [1.807, 2.05) is 19.1 Å². The molecule has 2 rings (SSSR count). The minimum atomic E-state index is 0.0676. The van der Waals surface area contributed by atoms with Crippen LogP contribution < -0.4 is 19.7 Å². The minimum Gasteiger partial charge on any atom is -0.486 e. The molecule has 21 heavy (non-hydrogen) atoms. The topological polar surface area (TPSA) is 52.0 Å². The fraction of sp³-hybridized carbons (Fsp3) is 0.533. The van der Waals surface area contributed by atoms with Crippen molar-refractivity contribution in [1.82, 2.24) is 5.32 Å². The number of rotatable bonds is 6. The van der Waals surface area contributed by atoms with E-state index in [0.717, 1.165) is 18.7 Å². The second kappa shape index (κ2) is 7.52. The van der Waals surface area contributed by atoms with Crippen molar-refractivity contribution in [3.63, 3.8) is 0 Å². The Bertz CT molecular complexity index is 508. The Morgan fingerprint density at radius 3 is 2.81 bits per heavy atom. The van der Waals surface area contributed by atoms with Gasteiger partial charge in [0.1, 0.15) is 19.8 Å². The van der Waals surface area contributed by atoms with E-state index in [1.54, 1.807) is 0 Å². The van der Waals surface area contributed by atoms with E-state index < -0.39 is 0 Å². The van der Waals surface area contributed by atoms with Gasteiger partial charge >= 0.3 is 0 Å². The first kappa shape index (κ1) is 15.9. The molecule has 1 aliphatic rings. The molecule has 1 aromatic carbocycles. The third-order valence-electron chi connectivity index (χ3n) is 3.40. The van der Waals surface area contributed by atoms with Gasteiger partial charge in [-0.2, -0.15) is 0 Å². The molecule has 1 atom stereocenters. The van der Waals surface area contributed by atoms with Gasteiger partial charge in [0.25, 0.3) is 5.91 Å². The lowest BCUT2D eigenvalue weighted by Crippen LogP contribution is -3.11. The summed E-state index contributed by atoms with van der Waals surface area (Å²) in [5, 5.41) is 3.39. The van der Waals surface area contributed by atoms with E-state index in [9.17, 15) is 4.79 Å². The molecule has 0 spiro atoms. The quantitative estimate of drug-likeness (QED) is 0.811. The summed E-state index contributed by atoms with van der Waals surface area (Å²) in [6, 6.07) is 3.84. The molecule has 0 aromatic heterocycles. The van der Waals surface area contributed by atoms with Crippen LogP contribution in [0.2, 0.25) is 5.02 Å². The maximum Gasteiger partial charge on any atom is 0.275 e. The zero-order chi connectivity index (χ0) is 15.2. The number of carbonyl (C=O) groups is 1. The van der Waals surface area contributed by atoms with Crippen molar-refractivity contribution in [3.8, 4) is 11.5 Å². The third kappa shape index (κ3) is 4.25. The molecule has 1 aliphatic heterocycles. The lowest BCUT2D eigenvalue weighted by atomic mass is 10.1. The zero-order valence-corrected chi connectivity index (χ0v) is 13.3. The summed E-state index contributed by atoms with van der Waals surface area (Å²) in [4.78, 5) is 12.9. The maximum absolute atomic E-state index is 11.7. The van der Waals surface area contributed by atoms with Crippen LogP contribution in [0, 0.1) is 0 Å². The predicted octanol–water partition coefficient (Wildman–Crippen LogP) is 0.652. The van der Waals surface area contributed by atoms with Gasteiger partial charge in [0.05, 0.1) is 11.6 Å². The van der Waals surface area contributed by atoms with Crippen molar-refractivity contribution < 1.29 is 19.2 Å². The molecule has 6 heteroatoms. The van der Waals surface area contributed by atoms with Gasteiger partial charge < -0.3 is 19.7 Å². The first-order chi connectivity index (χ1) is 10.1. The summed E-state index contributed by atoms with van der Waals surface area (Å²) >= 11 is 6.24. The summed E-state index contributed by atoms with van der Waals surface area (Å²) in [5.41, 5.74) is 1.05. The van der Waals surface area contributed by atoms with Gasteiger partial charge in [0, 0.05) is 12.1 Å². The van der Waals surface area contributed by atoms with Crippen LogP contribution in [0.4, 0.5) is 0 Å². The molecule has 116 valence electrons. The molecule has 2 N–H and O–H groups in total. The fourth-order valence-corrected chi connectivity index (χ4v) is 2.64. The van der Waals surface area contributed by atoms with E-state index in [2.05, 4.69) is 12.2 Å². The number of fused-ring (bicyclic) bond motifs is 1. The predicted molar refractivity (Wildman–Crippen MR) is 81.2 cm³/mol. The van der Waals surface area contributed by atoms with Gasteiger partial charge in [0.2, 0.25) is 0 Å². The van der Waals surface area contributed by atoms with Crippen LogP contribution in [0.5, 0.6) is 11.5 Å². The van der Waals surface area contributed by atoms with Gasteiger partial charge in [-0.3, -0.25) is 4.79 Å². The van der Waals surface area contributed by atoms with Crippen LogP contribution >= 0.6 is 11.6 Å². The van der Waals surface area contributed by atoms with Crippen molar-refractivity contribution in [1.29, 1.82) is 0 Å². The van der Waals surface area contributed by atoms with Gasteiger partial charge in [0.15, 0.2) is 18.0 Å². The Labute approximate surface area is 130 Å². The van der Waals surface area contributed by atoms with E-state index in [1.165, 1.54) is 4.90 Å². The van der Waals surface area contributed by atoms with E-state index >= 15 is 0 Å². The van der Waals surface area contributed by atoms with Gasteiger partial charge in [-0.05, 0) is 26.0 Å². The Hall–Kier alpha value is -1.46. The fourth-order valence-electron chi connectivity index (χ4n) is 2.35. The number of hydrogen-bond acceptors (Lipinski definition) is 3. The largest absolute Gasteiger partial charge is 0.486 e. The molecule has 5 nitrogen and oxygen atoms in total. The lowest BCUT2D eigenvalue weighted by Gasteiger charge is -2.22. The highest BCUT2D eigenvalue weighted by Gasteiger charge is 2.19. The summed E-state index contributed by atoms with van der Waals surface area (Å²) in [5.74, 6) is 1.38.